The molecule has 3 rings (SSSR count). The summed E-state index contributed by atoms with van der Waals surface area (Å²) in [6, 6.07) is 9.07. The van der Waals surface area contributed by atoms with Crippen molar-refractivity contribution in [3.05, 3.63) is 64.5 Å². The van der Waals surface area contributed by atoms with Crippen molar-refractivity contribution >= 4 is 11.9 Å². The highest BCUT2D eigenvalue weighted by molar-refractivity contribution is 5.96. The number of nitrogens with one attached hydrogen (secondary N) is 1. The third-order valence-corrected chi connectivity index (χ3v) is 4.28. The Morgan fingerprint density at radius 1 is 1.26 bits per heavy atom. The van der Waals surface area contributed by atoms with E-state index in [1.807, 2.05) is 6.92 Å². The van der Waals surface area contributed by atoms with Crippen LogP contribution in [-0.2, 0) is 6.42 Å². The van der Waals surface area contributed by atoms with Crippen LogP contribution >= 0.6 is 0 Å². The van der Waals surface area contributed by atoms with Crippen molar-refractivity contribution < 1.29 is 14.7 Å². The van der Waals surface area contributed by atoms with Crippen molar-refractivity contribution in [2.24, 2.45) is 5.92 Å². The van der Waals surface area contributed by atoms with Crippen LogP contribution in [0.25, 0.3) is 0 Å². The van der Waals surface area contributed by atoms with Gasteiger partial charge in [0, 0.05) is 11.8 Å². The van der Waals surface area contributed by atoms with Gasteiger partial charge in [-0.25, -0.2) is 9.78 Å². The molecule has 2 N–H and O–H groups in total. The lowest BCUT2D eigenvalue weighted by atomic mass is 10.0. The van der Waals surface area contributed by atoms with Crippen molar-refractivity contribution in [3.63, 3.8) is 0 Å². The average Bonchev–Trinajstić information content (AvgIpc) is 2.83. The van der Waals surface area contributed by atoms with Gasteiger partial charge in [0.1, 0.15) is 5.69 Å². The van der Waals surface area contributed by atoms with E-state index in [9.17, 15) is 9.59 Å². The number of amides is 1. The maximum Gasteiger partial charge on any atom is 0.354 e. The Hall–Kier alpha value is -2.69. The highest BCUT2D eigenvalue weighted by Crippen LogP contribution is 2.36. The van der Waals surface area contributed by atoms with Gasteiger partial charge in [-0.2, -0.15) is 0 Å². The summed E-state index contributed by atoms with van der Waals surface area (Å²) in [7, 11) is 0. The smallest absolute Gasteiger partial charge is 0.354 e. The number of hydrogen-bond donors (Lipinski definition) is 2. The van der Waals surface area contributed by atoms with Gasteiger partial charge in [-0.15, -0.1) is 0 Å². The van der Waals surface area contributed by atoms with E-state index in [0.29, 0.717) is 11.5 Å². The minimum atomic E-state index is -1.14. The molecule has 2 atom stereocenters. The third-order valence-electron chi connectivity index (χ3n) is 4.28. The van der Waals surface area contributed by atoms with Gasteiger partial charge >= 0.3 is 5.97 Å². The lowest BCUT2D eigenvalue weighted by Gasteiger charge is -2.19. The quantitative estimate of drug-likeness (QED) is 0.913. The van der Waals surface area contributed by atoms with Gasteiger partial charge in [0.25, 0.3) is 5.91 Å². The molecule has 2 unspecified atom stereocenters. The Morgan fingerprint density at radius 3 is 2.78 bits per heavy atom. The van der Waals surface area contributed by atoms with Gasteiger partial charge in [0.2, 0.25) is 0 Å². The molecule has 1 aliphatic carbocycles. The fourth-order valence-corrected chi connectivity index (χ4v) is 3.09. The summed E-state index contributed by atoms with van der Waals surface area (Å²) in [5.41, 5.74) is 3.75. The van der Waals surface area contributed by atoms with Crippen LogP contribution < -0.4 is 5.32 Å². The lowest BCUT2D eigenvalue weighted by Crippen LogP contribution is -2.30. The first-order chi connectivity index (χ1) is 11.0. The number of pyridine rings is 1. The lowest BCUT2D eigenvalue weighted by molar-refractivity contribution is 0.0690. The van der Waals surface area contributed by atoms with E-state index in [1.165, 1.54) is 23.9 Å². The minimum absolute atomic E-state index is 0.0566. The number of aryl methyl sites for hydroxylation is 1. The second-order valence-electron chi connectivity index (χ2n) is 6.07. The summed E-state index contributed by atoms with van der Waals surface area (Å²) < 4.78 is 0. The number of aromatic nitrogens is 1. The number of rotatable bonds is 3. The van der Waals surface area contributed by atoms with Crippen LogP contribution in [0, 0.1) is 12.8 Å². The Kier molecular flexibility index (Phi) is 3.86. The van der Waals surface area contributed by atoms with Gasteiger partial charge in [-0.1, -0.05) is 30.7 Å². The Labute approximate surface area is 134 Å². The van der Waals surface area contributed by atoms with Crippen molar-refractivity contribution in [2.75, 3.05) is 0 Å². The number of hydrogen-bond acceptors (Lipinski definition) is 3. The first kappa shape index (κ1) is 15.2. The number of fused-ring (bicyclic) bond motifs is 1. The molecule has 0 saturated carbocycles. The molecule has 1 amide bonds. The third kappa shape index (κ3) is 2.95. The molecule has 118 valence electrons. The van der Waals surface area contributed by atoms with E-state index in [1.54, 1.807) is 0 Å². The van der Waals surface area contributed by atoms with Crippen LogP contribution in [0.2, 0.25) is 0 Å². The van der Waals surface area contributed by atoms with Crippen molar-refractivity contribution in [1.29, 1.82) is 0 Å². The van der Waals surface area contributed by atoms with Crippen LogP contribution in [0.1, 0.15) is 50.5 Å². The zero-order chi connectivity index (χ0) is 16.6. The molecule has 1 aliphatic rings. The van der Waals surface area contributed by atoms with Gasteiger partial charge in [-0.3, -0.25) is 4.79 Å². The highest BCUT2D eigenvalue weighted by Gasteiger charge is 2.30. The van der Waals surface area contributed by atoms with Crippen LogP contribution in [0.5, 0.6) is 0 Å². The summed E-state index contributed by atoms with van der Waals surface area (Å²) in [6.07, 6.45) is 2.27. The highest BCUT2D eigenvalue weighted by atomic mass is 16.4. The van der Waals surface area contributed by atoms with Crippen molar-refractivity contribution in [2.45, 2.75) is 26.3 Å². The molecule has 0 radical (unpaired) electrons. The van der Waals surface area contributed by atoms with Gasteiger partial charge in [0.15, 0.2) is 0 Å². The number of carboxylic acid groups (broad SMARTS) is 1. The standard InChI is InChI=1S/C18H18N2O3/c1-10-3-4-12-8-11(2)16(14(12)7-10)20-17(21)13-5-6-19-15(9-13)18(22)23/h3-7,9,11,16H,8H2,1-2H3,(H,20,21)(H,22,23). The van der Waals surface area contributed by atoms with Crippen LogP contribution in [0.4, 0.5) is 0 Å². The molecule has 1 aromatic carbocycles. The molecular formula is C18H18N2O3. The normalized spacial score (nSPS) is 19.2. The van der Waals surface area contributed by atoms with Crippen molar-refractivity contribution in [3.8, 4) is 0 Å². The van der Waals surface area contributed by atoms with Gasteiger partial charge < -0.3 is 10.4 Å². The Bertz CT molecular complexity index is 786. The van der Waals surface area contributed by atoms with Crippen LogP contribution in [0.3, 0.4) is 0 Å². The molecule has 23 heavy (non-hydrogen) atoms. The predicted octanol–water partition coefficient (Wildman–Crippen LogP) is 2.75. The molecule has 0 fully saturated rings. The SMILES string of the molecule is Cc1ccc2c(c1)C(NC(=O)c1ccnc(C(=O)O)c1)C(C)C2. The molecule has 0 spiro atoms. The first-order valence-corrected chi connectivity index (χ1v) is 7.55. The largest absolute Gasteiger partial charge is 0.477 e. The number of nitrogens with zero attached hydrogens (tertiary/aromatic N) is 1. The van der Waals surface area contributed by atoms with Crippen LogP contribution in [0.15, 0.2) is 36.5 Å². The summed E-state index contributed by atoms with van der Waals surface area (Å²) >= 11 is 0. The molecule has 0 saturated heterocycles. The molecule has 2 aromatic rings. The Balaban J connectivity index is 1.85. The molecular weight excluding hydrogens is 292 g/mol. The van der Waals surface area contributed by atoms with E-state index >= 15 is 0 Å². The van der Waals surface area contributed by atoms with E-state index in [4.69, 9.17) is 5.11 Å². The maximum atomic E-state index is 12.5. The van der Waals surface area contributed by atoms with Gasteiger partial charge in [-0.05, 0) is 42.5 Å². The molecule has 1 heterocycles. The minimum Gasteiger partial charge on any atom is -0.477 e. The summed E-state index contributed by atoms with van der Waals surface area (Å²) in [5.74, 6) is -1.12. The number of carbonyl (C=O) groups excluding carboxylic acids is 1. The number of carbonyl (C=O) groups is 2. The predicted molar refractivity (Wildman–Crippen MR) is 85.5 cm³/mol. The fraction of sp³-hybridized carbons (Fsp3) is 0.278. The first-order valence-electron chi connectivity index (χ1n) is 7.55. The second kappa shape index (κ2) is 5.83. The number of carboxylic acids is 1. The zero-order valence-corrected chi connectivity index (χ0v) is 13.0. The summed E-state index contributed by atoms with van der Waals surface area (Å²) in [6.45, 7) is 4.14. The van der Waals surface area contributed by atoms with E-state index in [2.05, 4.69) is 35.4 Å². The molecule has 1 aromatic heterocycles. The maximum absolute atomic E-state index is 12.5. The van der Waals surface area contributed by atoms with Gasteiger partial charge in [0.05, 0.1) is 6.04 Å². The molecule has 5 nitrogen and oxygen atoms in total. The Morgan fingerprint density at radius 2 is 2.04 bits per heavy atom. The van der Waals surface area contributed by atoms with Crippen molar-refractivity contribution in [1.82, 2.24) is 10.3 Å². The zero-order valence-electron chi connectivity index (χ0n) is 13.0. The monoisotopic (exact) mass is 310 g/mol. The fourth-order valence-electron chi connectivity index (χ4n) is 3.09. The average molecular weight is 310 g/mol. The molecule has 5 heteroatoms. The number of benzene rings is 1. The van der Waals surface area contributed by atoms with E-state index in [-0.39, 0.29) is 17.6 Å². The number of aromatic carboxylic acids is 1. The van der Waals surface area contributed by atoms with E-state index in [0.717, 1.165) is 17.5 Å². The second-order valence-corrected chi connectivity index (χ2v) is 6.07. The van der Waals surface area contributed by atoms with E-state index < -0.39 is 5.97 Å². The molecule has 0 aliphatic heterocycles. The summed E-state index contributed by atoms with van der Waals surface area (Å²) in [5, 5.41) is 12.0. The summed E-state index contributed by atoms with van der Waals surface area (Å²) in [4.78, 5) is 27.2. The van der Waals surface area contributed by atoms with Crippen LogP contribution in [-0.4, -0.2) is 22.0 Å². The topological polar surface area (TPSA) is 79.3 Å². The molecule has 0 bridgehead atoms.